The lowest BCUT2D eigenvalue weighted by molar-refractivity contribution is 0.132. The van der Waals surface area contributed by atoms with Crippen LogP contribution in [0.3, 0.4) is 0 Å². The molecular weight excluding hydrogens is 411 g/mol. The third-order valence-electron chi connectivity index (χ3n) is 3.31. The highest BCUT2D eigenvalue weighted by molar-refractivity contribution is 7.99. The minimum Gasteiger partial charge on any atom is -0.391 e. The van der Waals surface area contributed by atoms with Crippen molar-refractivity contribution < 1.29 is 4.84 Å². The van der Waals surface area contributed by atoms with Gasteiger partial charge in [0.1, 0.15) is 11.6 Å². The zero-order valence-electron chi connectivity index (χ0n) is 13.4. The molecule has 0 radical (unpaired) electrons. The summed E-state index contributed by atoms with van der Waals surface area (Å²) in [5.41, 5.74) is 1.75. The highest BCUT2D eigenvalue weighted by Gasteiger charge is 2.05. The molecule has 1 heterocycles. The maximum atomic E-state index is 5.98. The van der Waals surface area contributed by atoms with Crippen molar-refractivity contribution in [1.29, 1.82) is 0 Å². The summed E-state index contributed by atoms with van der Waals surface area (Å²) in [5, 5.41) is 6.57. The van der Waals surface area contributed by atoms with Crippen molar-refractivity contribution >= 4 is 52.8 Å². The topological polar surface area (TPSA) is 34.5 Å². The third kappa shape index (κ3) is 5.39. The third-order valence-corrected chi connectivity index (χ3v) is 5.34. The fourth-order valence-corrected chi connectivity index (χ4v) is 3.33. The summed E-state index contributed by atoms with van der Waals surface area (Å²) in [7, 11) is 0. The minimum absolute atomic E-state index is 0.299. The Kier molecular flexibility index (Phi) is 6.80. The van der Waals surface area contributed by atoms with Crippen molar-refractivity contribution in [2.45, 2.75) is 16.5 Å². The Labute approximate surface area is 170 Å². The molecule has 0 unspecified atom stereocenters. The van der Waals surface area contributed by atoms with E-state index in [1.54, 1.807) is 24.5 Å². The SMILES string of the molecule is Clc1ccc(Sc2ncccc2/C=N\OCc2ccc(Cl)c(Cl)c2)cc1. The van der Waals surface area contributed by atoms with Gasteiger partial charge in [0.2, 0.25) is 0 Å². The second kappa shape index (κ2) is 9.28. The molecule has 132 valence electrons. The summed E-state index contributed by atoms with van der Waals surface area (Å²) < 4.78 is 0. The predicted octanol–water partition coefficient (Wildman–Crippen LogP) is 6.74. The molecule has 3 rings (SSSR count). The lowest BCUT2D eigenvalue weighted by Crippen LogP contribution is -1.92. The van der Waals surface area contributed by atoms with Crippen LogP contribution < -0.4 is 0 Å². The molecule has 0 aliphatic rings. The summed E-state index contributed by atoms with van der Waals surface area (Å²) in [6.07, 6.45) is 3.38. The Morgan fingerprint density at radius 3 is 2.58 bits per heavy atom. The lowest BCUT2D eigenvalue weighted by Gasteiger charge is -2.05. The van der Waals surface area contributed by atoms with E-state index < -0.39 is 0 Å². The van der Waals surface area contributed by atoms with Gasteiger partial charge in [0.25, 0.3) is 0 Å². The molecule has 0 amide bonds. The molecule has 0 N–H and O–H groups in total. The number of aromatic nitrogens is 1. The zero-order chi connectivity index (χ0) is 18.4. The Balaban J connectivity index is 1.64. The first-order chi connectivity index (χ1) is 12.6. The maximum Gasteiger partial charge on any atom is 0.142 e. The number of hydrogen-bond acceptors (Lipinski definition) is 4. The molecule has 0 fully saturated rings. The van der Waals surface area contributed by atoms with E-state index in [4.69, 9.17) is 39.6 Å². The van der Waals surface area contributed by atoms with Crippen LogP contribution in [0.25, 0.3) is 0 Å². The Hall–Kier alpha value is -1.72. The number of rotatable bonds is 6. The summed E-state index contributed by atoms with van der Waals surface area (Å²) in [6.45, 7) is 0.299. The average molecular weight is 424 g/mol. The van der Waals surface area contributed by atoms with E-state index in [9.17, 15) is 0 Å². The van der Waals surface area contributed by atoms with Gasteiger partial charge in [0.05, 0.1) is 16.3 Å². The van der Waals surface area contributed by atoms with E-state index in [1.807, 2.05) is 42.5 Å². The van der Waals surface area contributed by atoms with Gasteiger partial charge in [0, 0.05) is 21.7 Å². The van der Waals surface area contributed by atoms with E-state index in [1.165, 1.54) is 11.8 Å². The first kappa shape index (κ1) is 19.1. The number of oxime groups is 1. The standard InChI is InChI=1S/C19H13Cl3N2OS/c20-15-4-6-16(7-5-15)26-19-14(2-1-9-23-19)11-24-25-12-13-3-8-17(21)18(22)10-13/h1-11H,12H2/b24-11-. The molecule has 0 aliphatic carbocycles. The van der Waals surface area contributed by atoms with Gasteiger partial charge in [0.15, 0.2) is 0 Å². The molecule has 2 aromatic carbocycles. The van der Waals surface area contributed by atoms with Crippen molar-refractivity contribution in [3.05, 3.63) is 87.0 Å². The highest BCUT2D eigenvalue weighted by Crippen LogP contribution is 2.29. The number of benzene rings is 2. The largest absolute Gasteiger partial charge is 0.391 e. The fourth-order valence-electron chi connectivity index (χ4n) is 2.04. The van der Waals surface area contributed by atoms with Crippen LogP contribution in [0.15, 0.2) is 75.9 Å². The highest BCUT2D eigenvalue weighted by atomic mass is 35.5. The summed E-state index contributed by atoms with van der Waals surface area (Å²) >= 11 is 19.3. The van der Waals surface area contributed by atoms with E-state index in [0.29, 0.717) is 21.7 Å². The van der Waals surface area contributed by atoms with Crippen LogP contribution in [0.2, 0.25) is 15.1 Å². The number of halogens is 3. The van der Waals surface area contributed by atoms with Crippen LogP contribution in [0, 0.1) is 0 Å². The van der Waals surface area contributed by atoms with Gasteiger partial charge < -0.3 is 4.84 Å². The second-order valence-electron chi connectivity index (χ2n) is 5.21. The quantitative estimate of drug-likeness (QED) is 0.325. The van der Waals surface area contributed by atoms with Crippen molar-refractivity contribution in [3.8, 4) is 0 Å². The van der Waals surface area contributed by atoms with Crippen molar-refractivity contribution in [2.75, 3.05) is 0 Å². The van der Waals surface area contributed by atoms with Gasteiger partial charge in [-0.15, -0.1) is 0 Å². The van der Waals surface area contributed by atoms with Gasteiger partial charge in [-0.05, 0) is 54.1 Å². The van der Waals surface area contributed by atoms with Crippen LogP contribution in [-0.2, 0) is 11.4 Å². The first-order valence-electron chi connectivity index (χ1n) is 7.59. The molecule has 0 saturated carbocycles. The van der Waals surface area contributed by atoms with Crippen LogP contribution in [0.1, 0.15) is 11.1 Å². The smallest absolute Gasteiger partial charge is 0.142 e. The number of nitrogens with zero attached hydrogens (tertiary/aromatic N) is 2. The van der Waals surface area contributed by atoms with Crippen LogP contribution in [0.4, 0.5) is 0 Å². The van der Waals surface area contributed by atoms with Crippen molar-refractivity contribution in [2.24, 2.45) is 5.16 Å². The van der Waals surface area contributed by atoms with Gasteiger partial charge in [-0.3, -0.25) is 0 Å². The minimum atomic E-state index is 0.299. The summed E-state index contributed by atoms with van der Waals surface area (Å²) in [4.78, 5) is 10.8. The maximum absolute atomic E-state index is 5.98. The van der Waals surface area contributed by atoms with E-state index >= 15 is 0 Å². The molecule has 0 atom stereocenters. The zero-order valence-corrected chi connectivity index (χ0v) is 16.5. The van der Waals surface area contributed by atoms with Gasteiger partial charge in [-0.2, -0.15) is 0 Å². The van der Waals surface area contributed by atoms with Crippen LogP contribution in [-0.4, -0.2) is 11.2 Å². The van der Waals surface area contributed by atoms with Crippen LogP contribution >= 0.6 is 46.6 Å². The molecule has 1 aromatic heterocycles. The Bertz CT molecular complexity index is 917. The fraction of sp³-hybridized carbons (Fsp3) is 0.0526. The molecule has 26 heavy (non-hydrogen) atoms. The summed E-state index contributed by atoms with van der Waals surface area (Å²) in [5.74, 6) is 0. The first-order valence-corrected chi connectivity index (χ1v) is 9.54. The lowest BCUT2D eigenvalue weighted by atomic mass is 10.2. The van der Waals surface area contributed by atoms with Gasteiger partial charge >= 0.3 is 0 Å². The van der Waals surface area contributed by atoms with Gasteiger partial charge in [-0.1, -0.05) is 57.8 Å². The Morgan fingerprint density at radius 1 is 1.00 bits per heavy atom. The average Bonchev–Trinajstić information content (AvgIpc) is 2.65. The molecule has 0 spiro atoms. The van der Waals surface area contributed by atoms with E-state index in [-0.39, 0.29) is 0 Å². The molecule has 0 saturated heterocycles. The molecular formula is C19H13Cl3N2OS. The molecule has 3 aromatic rings. The van der Waals surface area contributed by atoms with Crippen molar-refractivity contribution in [3.63, 3.8) is 0 Å². The normalized spacial score (nSPS) is 11.0. The molecule has 0 bridgehead atoms. The van der Waals surface area contributed by atoms with E-state index in [2.05, 4.69) is 10.1 Å². The number of hydrogen-bond donors (Lipinski definition) is 0. The van der Waals surface area contributed by atoms with Crippen molar-refractivity contribution in [1.82, 2.24) is 4.98 Å². The monoisotopic (exact) mass is 422 g/mol. The molecule has 0 aliphatic heterocycles. The second-order valence-corrected chi connectivity index (χ2v) is 7.52. The van der Waals surface area contributed by atoms with E-state index in [0.717, 1.165) is 21.0 Å². The number of pyridine rings is 1. The Morgan fingerprint density at radius 2 is 1.81 bits per heavy atom. The van der Waals surface area contributed by atoms with Gasteiger partial charge in [-0.25, -0.2) is 4.98 Å². The van der Waals surface area contributed by atoms with Crippen LogP contribution in [0.5, 0.6) is 0 Å². The molecule has 3 nitrogen and oxygen atoms in total. The predicted molar refractivity (Wildman–Crippen MR) is 109 cm³/mol. The molecule has 7 heteroatoms. The summed E-state index contributed by atoms with van der Waals surface area (Å²) in [6, 6.07) is 16.7.